The molecule has 10 heteroatoms. The molecule has 194 valence electrons. The van der Waals surface area contributed by atoms with E-state index in [-0.39, 0.29) is 24.5 Å². The van der Waals surface area contributed by atoms with Crippen LogP contribution in [-0.4, -0.2) is 61.5 Å². The van der Waals surface area contributed by atoms with Crippen molar-refractivity contribution in [2.75, 3.05) is 27.4 Å². The number of hydrogen-bond acceptors (Lipinski definition) is 9. The summed E-state index contributed by atoms with van der Waals surface area (Å²) in [6, 6.07) is 4.89. The fourth-order valence-electron chi connectivity index (χ4n) is 4.51. The first-order valence-electron chi connectivity index (χ1n) is 12.1. The maximum atomic E-state index is 13.3. The molecule has 1 aromatic carbocycles. The Morgan fingerprint density at radius 1 is 1.28 bits per heavy atom. The highest BCUT2D eigenvalue weighted by Crippen LogP contribution is 2.47. The highest BCUT2D eigenvalue weighted by Gasteiger charge is 2.42. The van der Waals surface area contributed by atoms with E-state index in [1.807, 2.05) is 36.3 Å². The molecule has 1 N–H and O–H groups in total. The number of benzene rings is 1. The van der Waals surface area contributed by atoms with Crippen LogP contribution in [-0.2, 0) is 19.1 Å². The summed E-state index contributed by atoms with van der Waals surface area (Å²) in [4.78, 5) is 32.8. The van der Waals surface area contributed by atoms with Crippen molar-refractivity contribution >= 4 is 28.8 Å². The van der Waals surface area contributed by atoms with Crippen molar-refractivity contribution in [3.63, 3.8) is 0 Å². The van der Waals surface area contributed by atoms with Crippen molar-refractivity contribution in [3.05, 3.63) is 46.1 Å². The molecule has 1 amide bonds. The number of methoxy groups -OCH3 is 2. The molecule has 1 aromatic rings. The number of hydrogen-bond donors (Lipinski definition) is 1. The number of nitrogens with zero attached hydrogens (tertiary/aromatic N) is 2. The Morgan fingerprint density at radius 2 is 2.08 bits per heavy atom. The van der Waals surface area contributed by atoms with Gasteiger partial charge in [-0.2, -0.15) is 0 Å². The Bertz CT molecular complexity index is 1110. The maximum absolute atomic E-state index is 13.3. The fourth-order valence-corrected chi connectivity index (χ4v) is 5.47. The third-order valence-electron chi connectivity index (χ3n) is 6.19. The molecule has 3 aliphatic heterocycles. The summed E-state index contributed by atoms with van der Waals surface area (Å²) in [6.07, 6.45) is 1.87. The van der Waals surface area contributed by atoms with Crippen molar-refractivity contribution in [2.24, 2.45) is 4.99 Å². The van der Waals surface area contributed by atoms with Gasteiger partial charge in [-0.1, -0.05) is 11.8 Å². The molecule has 0 unspecified atom stereocenters. The summed E-state index contributed by atoms with van der Waals surface area (Å²) in [7, 11) is 3.16. The van der Waals surface area contributed by atoms with Gasteiger partial charge in [-0.3, -0.25) is 4.79 Å². The van der Waals surface area contributed by atoms with Crippen molar-refractivity contribution < 1.29 is 28.5 Å². The average molecular weight is 516 g/mol. The van der Waals surface area contributed by atoms with Gasteiger partial charge in [0.05, 0.1) is 50.2 Å². The lowest BCUT2D eigenvalue weighted by Crippen LogP contribution is -2.39. The summed E-state index contributed by atoms with van der Waals surface area (Å²) in [6.45, 7) is 6.65. The number of fused-ring (bicyclic) bond motifs is 1. The topological polar surface area (TPSA) is 98.7 Å². The lowest BCUT2D eigenvalue weighted by atomic mass is 9.93. The zero-order chi connectivity index (χ0) is 25.8. The minimum Gasteiger partial charge on any atom is -0.497 e. The zero-order valence-electron chi connectivity index (χ0n) is 21.3. The van der Waals surface area contributed by atoms with Crippen LogP contribution in [0.2, 0.25) is 0 Å². The van der Waals surface area contributed by atoms with Crippen molar-refractivity contribution in [3.8, 4) is 11.5 Å². The first-order chi connectivity index (χ1) is 17.3. The number of thioether (sulfide) groups is 1. The predicted octanol–water partition coefficient (Wildman–Crippen LogP) is 3.92. The Hall–Kier alpha value is -2.98. The van der Waals surface area contributed by atoms with Gasteiger partial charge in [0.2, 0.25) is 5.91 Å². The third-order valence-corrected chi connectivity index (χ3v) is 7.08. The number of esters is 1. The number of rotatable bonds is 9. The van der Waals surface area contributed by atoms with Gasteiger partial charge in [-0.15, -0.1) is 0 Å². The smallest absolute Gasteiger partial charge is 0.338 e. The quantitative estimate of drug-likeness (QED) is 0.494. The SMILES string of the molecule is COc1ccc([C@H]2C(C(=O)OC(C)C)=C(C)N=C3SC=C(CC(=O)NC[C@@H]4CCCO4)N32)c(OC)c1. The number of amidine groups is 1. The van der Waals surface area contributed by atoms with E-state index in [9.17, 15) is 9.59 Å². The first kappa shape index (κ1) is 26.1. The van der Waals surface area contributed by atoms with E-state index < -0.39 is 12.0 Å². The van der Waals surface area contributed by atoms with Crippen LogP contribution >= 0.6 is 11.8 Å². The van der Waals surface area contributed by atoms with Crippen LogP contribution in [0.3, 0.4) is 0 Å². The fraction of sp³-hybridized carbons (Fsp3) is 0.500. The van der Waals surface area contributed by atoms with Gasteiger partial charge in [0.25, 0.3) is 0 Å². The molecule has 0 bridgehead atoms. The predicted molar refractivity (Wildman–Crippen MR) is 138 cm³/mol. The molecular weight excluding hydrogens is 482 g/mol. The molecule has 0 radical (unpaired) electrons. The summed E-state index contributed by atoms with van der Waals surface area (Å²) in [5, 5.41) is 5.59. The molecule has 0 spiro atoms. The maximum Gasteiger partial charge on any atom is 0.338 e. The molecule has 0 saturated carbocycles. The number of allylic oxidation sites excluding steroid dienone is 1. The Balaban J connectivity index is 1.68. The molecule has 4 rings (SSSR count). The van der Waals surface area contributed by atoms with E-state index in [0.29, 0.717) is 34.5 Å². The van der Waals surface area contributed by atoms with Gasteiger partial charge in [0.1, 0.15) is 11.5 Å². The van der Waals surface area contributed by atoms with Crippen LogP contribution in [0.1, 0.15) is 51.6 Å². The van der Waals surface area contributed by atoms with Crippen LogP contribution in [0.25, 0.3) is 0 Å². The lowest BCUT2D eigenvalue weighted by Gasteiger charge is -2.37. The van der Waals surface area contributed by atoms with Crippen LogP contribution in [0.15, 0.2) is 45.6 Å². The van der Waals surface area contributed by atoms with Crippen LogP contribution < -0.4 is 14.8 Å². The van der Waals surface area contributed by atoms with E-state index in [4.69, 9.17) is 23.9 Å². The summed E-state index contributed by atoms with van der Waals surface area (Å²) in [5.41, 5.74) is 2.46. The Labute approximate surface area is 215 Å². The van der Waals surface area contributed by atoms with Crippen molar-refractivity contribution in [1.29, 1.82) is 0 Å². The molecule has 1 fully saturated rings. The molecule has 0 aliphatic carbocycles. The van der Waals surface area contributed by atoms with Crippen LogP contribution in [0.5, 0.6) is 11.5 Å². The van der Waals surface area contributed by atoms with E-state index in [1.54, 1.807) is 27.2 Å². The van der Waals surface area contributed by atoms with Gasteiger partial charge in [-0.05, 0) is 51.2 Å². The minimum atomic E-state index is -0.586. The Morgan fingerprint density at radius 3 is 2.75 bits per heavy atom. The molecule has 36 heavy (non-hydrogen) atoms. The number of carbonyl (C=O) groups is 2. The number of aliphatic imine (C=N–C) groups is 1. The van der Waals surface area contributed by atoms with Crippen LogP contribution in [0, 0.1) is 0 Å². The minimum absolute atomic E-state index is 0.0623. The normalized spacial score (nSPS) is 21.2. The standard InChI is InChI=1S/C26H33N3O6S/c1-15(2)35-25(31)23-16(3)28-26-29(24(23)20-9-8-18(32-4)12-21(20)33-5)17(14-36-26)11-22(30)27-13-19-7-6-10-34-19/h8-9,12,14-15,19,24H,6-7,10-11,13H2,1-5H3,(H,27,30)/t19-,24-/m0/s1. The van der Waals surface area contributed by atoms with Gasteiger partial charge in [0, 0.05) is 30.5 Å². The second-order valence-corrected chi connectivity index (χ2v) is 9.91. The van der Waals surface area contributed by atoms with Crippen molar-refractivity contribution in [2.45, 2.75) is 58.3 Å². The summed E-state index contributed by atoms with van der Waals surface area (Å²) < 4.78 is 22.3. The molecule has 3 heterocycles. The van der Waals surface area contributed by atoms with Crippen molar-refractivity contribution in [1.82, 2.24) is 10.2 Å². The summed E-state index contributed by atoms with van der Waals surface area (Å²) >= 11 is 1.43. The summed E-state index contributed by atoms with van der Waals surface area (Å²) in [5.74, 6) is 0.624. The Kier molecular flexibility index (Phi) is 8.25. The first-order valence-corrected chi connectivity index (χ1v) is 13.0. The van der Waals surface area contributed by atoms with E-state index in [1.165, 1.54) is 11.8 Å². The van der Waals surface area contributed by atoms with Gasteiger partial charge in [-0.25, -0.2) is 9.79 Å². The van der Waals surface area contributed by atoms with E-state index in [2.05, 4.69) is 5.32 Å². The molecule has 9 nitrogen and oxygen atoms in total. The third kappa shape index (κ3) is 5.54. The van der Waals surface area contributed by atoms with Crippen LogP contribution in [0.4, 0.5) is 0 Å². The zero-order valence-corrected chi connectivity index (χ0v) is 22.1. The second kappa shape index (κ2) is 11.4. The number of carbonyl (C=O) groups excluding carboxylic acids is 2. The number of ether oxygens (including phenoxy) is 4. The molecule has 3 aliphatic rings. The van der Waals surface area contributed by atoms with E-state index in [0.717, 1.165) is 30.7 Å². The molecule has 0 aromatic heterocycles. The number of nitrogens with one attached hydrogen (secondary N) is 1. The average Bonchev–Trinajstić information content (AvgIpc) is 3.51. The van der Waals surface area contributed by atoms with E-state index >= 15 is 0 Å². The number of amides is 1. The monoisotopic (exact) mass is 515 g/mol. The highest BCUT2D eigenvalue weighted by molar-refractivity contribution is 8.16. The highest BCUT2D eigenvalue weighted by atomic mass is 32.2. The molecule has 2 atom stereocenters. The van der Waals surface area contributed by atoms with Gasteiger partial charge < -0.3 is 29.2 Å². The van der Waals surface area contributed by atoms with Gasteiger partial charge >= 0.3 is 5.97 Å². The molecule has 1 saturated heterocycles. The second-order valence-electron chi connectivity index (χ2n) is 9.07. The van der Waals surface area contributed by atoms with Gasteiger partial charge in [0.15, 0.2) is 5.17 Å². The molecular formula is C26H33N3O6S. The lowest BCUT2D eigenvalue weighted by molar-refractivity contribution is -0.143. The largest absolute Gasteiger partial charge is 0.497 e.